The molecular weight excluding hydrogens is 188 g/mol. The fourth-order valence-corrected chi connectivity index (χ4v) is 2.50. The van der Waals surface area contributed by atoms with Crippen LogP contribution in [0.25, 0.3) is 0 Å². The molecule has 0 aromatic heterocycles. The summed E-state index contributed by atoms with van der Waals surface area (Å²) >= 11 is 0. The molecular formula is C9H14O3S. The second-order valence-corrected chi connectivity index (χ2v) is 5.16. The van der Waals surface area contributed by atoms with Crippen molar-refractivity contribution in [2.45, 2.75) is 32.4 Å². The highest BCUT2D eigenvalue weighted by Gasteiger charge is 2.27. The Morgan fingerprint density at radius 3 is 2.38 bits per heavy atom. The van der Waals surface area contributed by atoms with E-state index in [-0.39, 0.29) is 0 Å². The molecule has 3 nitrogen and oxygen atoms in total. The maximum absolute atomic E-state index is 10.9. The quantitative estimate of drug-likeness (QED) is 0.661. The summed E-state index contributed by atoms with van der Waals surface area (Å²) in [6, 6.07) is 0. The summed E-state index contributed by atoms with van der Waals surface area (Å²) in [6.07, 6.45) is 2.23. The van der Waals surface area contributed by atoms with Crippen molar-refractivity contribution in [2.24, 2.45) is 0 Å². The van der Waals surface area contributed by atoms with E-state index in [2.05, 4.69) is 0 Å². The molecule has 1 unspecified atom stereocenters. The molecule has 0 aliphatic heterocycles. The van der Waals surface area contributed by atoms with Gasteiger partial charge in [0, 0.05) is 0 Å². The highest BCUT2D eigenvalue weighted by molar-refractivity contribution is 7.86. The zero-order valence-corrected chi connectivity index (χ0v) is 8.85. The summed E-state index contributed by atoms with van der Waals surface area (Å²) < 4.78 is 30.8. The van der Waals surface area contributed by atoms with E-state index in [4.69, 9.17) is 4.55 Å². The monoisotopic (exact) mass is 202 g/mol. The van der Waals surface area contributed by atoms with Gasteiger partial charge in [0.25, 0.3) is 10.1 Å². The smallest absolute Gasteiger partial charge is 0.271 e. The molecule has 1 aliphatic carbocycles. The molecule has 0 aromatic carbocycles. The van der Waals surface area contributed by atoms with E-state index in [1.807, 2.05) is 19.9 Å². The van der Waals surface area contributed by atoms with Crippen molar-refractivity contribution in [3.8, 4) is 0 Å². The van der Waals surface area contributed by atoms with Crippen molar-refractivity contribution in [3.05, 3.63) is 22.8 Å². The zero-order chi connectivity index (χ0) is 10.2. The first-order chi connectivity index (χ1) is 5.82. The highest BCUT2D eigenvalue weighted by Crippen LogP contribution is 2.27. The molecule has 0 fully saturated rings. The molecule has 0 bridgehead atoms. The van der Waals surface area contributed by atoms with Crippen LogP contribution < -0.4 is 0 Å². The minimum Gasteiger partial charge on any atom is -0.285 e. The van der Waals surface area contributed by atoms with E-state index in [9.17, 15) is 8.42 Å². The molecule has 1 aliphatic rings. The minimum atomic E-state index is -3.93. The zero-order valence-electron chi connectivity index (χ0n) is 8.03. The van der Waals surface area contributed by atoms with Gasteiger partial charge in [0.1, 0.15) is 5.25 Å². The second-order valence-electron chi connectivity index (χ2n) is 3.56. The van der Waals surface area contributed by atoms with E-state index in [0.29, 0.717) is 12.0 Å². The number of hydrogen-bond donors (Lipinski definition) is 1. The Kier molecular flexibility index (Phi) is 2.63. The van der Waals surface area contributed by atoms with Gasteiger partial charge >= 0.3 is 0 Å². The predicted octanol–water partition coefficient (Wildman–Crippen LogP) is 1.93. The molecule has 0 heterocycles. The van der Waals surface area contributed by atoms with Crippen LogP contribution in [0.5, 0.6) is 0 Å². The van der Waals surface area contributed by atoms with Crippen molar-refractivity contribution in [2.75, 3.05) is 0 Å². The molecule has 1 atom stereocenters. The standard InChI is InChI=1S/C9H14O3S/c1-6-4-8(3)9(5-7(6)2)13(10,11)12/h4,9H,5H2,1-3H3,(H,10,11,12). The molecule has 0 aromatic rings. The summed E-state index contributed by atoms with van der Waals surface area (Å²) in [4.78, 5) is 0. The summed E-state index contributed by atoms with van der Waals surface area (Å²) in [5.41, 5.74) is 2.83. The van der Waals surface area contributed by atoms with Crippen LogP contribution in [0.3, 0.4) is 0 Å². The topological polar surface area (TPSA) is 54.4 Å². The van der Waals surface area contributed by atoms with Crippen LogP contribution in [0.1, 0.15) is 27.2 Å². The molecule has 13 heavy (non-hydrogen) atoms. The molecule has 0 saturated heterocycles. The third kappa shape index (κ3) is 2.19. The van der Waals surface area contributed by atoms with Crippen molar-refractivity contribution in [3.63, 3.8) is 0 Å². The Labute approximate surface area is 78.9 Å². The van der Waals surface area contributed by atoms with E-state index < -0.39 is 15.4 Å². The first-order valence-corrected chi connectivity index (χ1v) is 5.63. The third-order valence-corrected chi connectivity index (χ3v) is 3.73. The van der Waals surface area contributed by atoms with E-state index in [1.54, 1.807) is 6.92 Å². The Morgan fingerprint density at radius 1 is 1.38 bits per heavy atom. The lowest BCUT2D eigenvalue weighted by atomic mass is 9.95. The van der Waals surface area contributed by atoms with Crippen molar-refractivity contribution in [1.29, 1.82) is 0 Å². The molecule has 0 radical (unpaired) electrons. The van der Waals surface area contributed by atoms with Gasteiger partial charge in [-0.15, -0.1) is 0 Å². The van der Waals surface area contributed by atoms with Crippen molar-refractivity contribution >= 4 is 10.1 Å². The maximum atomic E-state index is 10.9. The lowest BCUT2D eigenvalue weighted by Crippen LogP contribution is -2.24. The number of allylic oxidation sites excluding steroid dienone is 3. The SMILES string of the molecule is CC1=CC(C)=C(C)CC1S(=O)(=O)O. The average molecular weight is 202 g/mol. The van der Waals surface area contributed by atoms with Crippen LogP contribution in [0, 0.1) is 0 Å². The normalized spacial score (nSPS) is 24.6. The summed E-state index contributed by atoms with van der Waals surface area (Å²) in [7, 11) is -3.93. The van der Waals surface area contributed by atoms with Crippen molar-refractivity contribution in [1.82, 2.24) is 0 Å². The number of hydrogen-bond acceptors (Lipinski definition) is 2. The lowest BCUT2D eigenvalue weighted by molar-refractivity contribution is 0.471. The van der Waals surface area contributed by atoms with Crippen molar-refractivity contribution < 1.29 is 13.0 Å². The largest absolute Gasteiger partial charge is 0.285 e. The molecule has 1 N–H and O–H groups in total. The molecule has 0 spiro atoms. The van der Waals surface area contributed by atoms with Gasteiger partial charge in [0.15, 0.2) is 0 Å². The summed E-state index contributed by atoms with van der Waals surface area (Å²) in [6.45, 7) is 5.56. The van der Waals surface area contributed by atoms with E-state index in [0.717, 1.165) is 11.1 Å². The van der Waals surface area contributed by atoms with Gasteiger partial charge in [-0.05, 0) is 27.2 Å². The Morgan fingerprint density at radius 2 is 1.92 bits per heavy atom. The summed E-state index contributed by atoms with van der Waals surface area (Å²) in [5, 5.41) is -0.740. The number of rotatable bonds is 1. The Hall–Kier alpha value is -0.610. The van der Waals surface area contributed by atoms with Crippen LogP contribution in [0.4, 0.5) is 0 Å². The molecule has 74 valence electrons. The van der Waals surface area contributed by atoms with E-state index in [1.165, 1.54) is 0 Å². The van der Waals surface area contributed by atoms with Gasteiger partial charge < -0.3 is 0 Å². The van der Waals surface area contributed by atoms with Crippen LogP contribution in [-0.2, 0) is 10.1 Å². The van der Waals surface area contributed by atoms with Gasteiger partial charge in [0.2, 0.25) is 0 Å². The maximum Gasteiger partial charge on any atom is 0.271 e. The Bertz CT molecular complexity index is 374. The van der Waals surface area contributed by atoms with Crippen LogP contribution in [0.2, 0.25) is 0 Å². The molecule has 1 rings (SSSR count). The van der Waals surface area contributed by atoms with Crippen LogP contribution >= 0.6 is 0 Å². The van der Waals surface area contributed by atoms with Gasteiger partial charge in [-0.25, -0.2) is 0 Å². The van der Waals surface area contributed by atoms with Crippen LogP contribution in [0.15, 0.2) is 22.8 Å². The fraction of sp³-hybridized carbons (Fsp3) is 0.556. The highest BCUT2D eigenvalue weighted by atomic mass is 32.2. The molecule has 4 heteroatoms. The lowest BCUT2D eigenvalue weighted by Gasteiger charge is -2.20. The van der Waals surface area contributed by atoms with Crippen LogP contribution in [-0.4, -0.2) is 18.2 Å². The van der Waals surface area contributed by atoms with Gasteiger partial charge in [0.05, 0.1) is 0 Å². The second kappa shape index (κ2) is 3.27. The first-order valence-electron chi connectivity index (χ1n) is 4.13. The fourth-order valence-electron chi connectivity index (χ4n) is 1.50. The van der Waals surface area contributed by atoms with E-state index >= 15 is 0 Å². The van der Waals surface area contributed by atoms with Gasteiger partial charge in [-0.2, -0.15) is 8.42 Å². The van der Waals surface area contributed by atoms with Gasteiger partial charge in [-0.1, -0.05) is 22.8 Å². The Balaban J connectivity index is 3.08. The molecule has 0 saturated carbocycles. The summed E-state index contributed by atoms with van der Waals surface area (Å²) in [5.74, 6) is 0. The molecule has 0 amide bonds. The third-order valence-electron chi connectivity index (χ3n) is 2.48. The minimum absolute atomic E-state index is 0.410. The first kappa shape index (κ1) is 10.5. The average Bonchev–Trinajstić information content (AvgIpc) is 1.94. The van der Waals surface area contributed by atoms with Gasteiger partial charge in [-0.3, -0.25) is 4.55 Å². The predicted molar refractivity (Wildman–Crippen MR) is 52.1 cm³/mol.